The number of sulfonamides is 1. The number of aromatic carboxylic acids is 1. The number of carbonyl (C=O) groups excluding carboxylic acids is 2. The molecule has 1 unspecified atom stereocenters. The quantitative estimate of drug-likeness (QED) is 0.293. The van der Waals surface area contributed by atoms with Crippen molar-refractivity contribution in [3.63, 3.8) is 0 Å². The average Bonchev–Trinajstić information content (AvgIpc) is 3.47. The molecule has 0 saturated carbocycles. The first-order valence-corrected chi connectivity index (χ1v) is 18.7. The number of aromatic nitrogens is 1. The van der Waals surface area contributed by atoms with Crippen molar-refractivity contribution in [1.82, 2.24) is 14.4 Å². The van der Waals surface area contributed by atoms with Gasteiger partial charge in [0, 0.05) is 36.7 Å². The molecule has 2 aliphatic heterocycles. The number of amides is 2. The van der Waals surface area contributed by atoms with Gasteiger partial charge in [0.05, 0.1) is 36.2 Å². The molecular weight excluding hydrogens is 646 g/mol. The summed E-state index contributed by atoms with van der Waals surface area (Å²) >= 11 is 0. The van der Waals surface area contributed by atoms with Gasteiger partial charge in [-0.3, -0.25) is 19.2 Å². The van der Waals surface area contributed by atoms with Crippen molar-refractivity contribution in [3.05, 3.63) is 46.6 Å². The third kappa shape index (κ3) is 7.14. The number of fused-ring (bicyclic) bond motifs is 1. The Morgan fingerprint density at radius 1 is 1.04 bits per heavy atom. The van der Waals surface area contributed by atoms with Gasteiger partial charge in [0.1, 0.15) is 5.69 Å². The van der Waals surface area contributed by atoms with Gasteiger partial charge in [-0.1, -0.05) is 39.0 Å². The SMILES string of the molecule is COc1c(C(N)=O)cc(C(C)(C)C)c(-c2c(C(=O)O)n(C)c3c(CC4CCCN(C(=O)[C@@H]5CCCN5C)CC4)cccc23)c1NS(C)(=O)=O. The van der Waals surface area contributed by atoms with Crippen molar-refractivity contribution < 1.29 is 32.6 Å². The number of primary amides is 1. The van der Waals surface area contributed by atoms with Crippen LogP contribution in [0.2, 0.25) is 0 Å². The number of nitrogens with two attached hydrogens (primary N) is 1. The zero-order valence-corrected chi connectivity index (χ0v) is 30.4. The van der Waals surface area contributed by atoms with Crippen molar-refractivity contribution in [2.75, 3.05) is 44.8 Å². The lowest BCUT2D eigenvalue weighted by atomic mass is 9.79. The van der Waals surface area contributed by atoms with Gasteiger partial charge in [-0.05, 0) is 80.6 Å². The van der Waals surface area contributed by atoms with E-state index in [1.165, 1.54) is 7.11 Å². The highest BCUT2D eigenvalue weighted by Gasteiger charge is 2.36. The maximum Gasteiger partial charge on any atom is 0.353 e. The lowest BCUT2D eigenvalue weighted by Crippen LogP contribution is -2.44. The lowest BCUT2D eigenvalue weighted by Gasteiger charge is -2.28. The Balaban J connectivity index is 1.67. The average molecular weight is 696 g/mol. The van der Waals surface area contributed by atoms with Crippen LogP contribution in [-0.2, 0) is 33.7 Å². The standard InChI is InChI=1S/C36H49N5O7S/c1-36(2,3)25-20-24(33(37)42)32(48-6)29(38-49(7,46)47)28(25)27-23-13-8-12-22(30(23)40(5)31(27)35(44)45)19-21-11-9-17-41(18-15-21)34(43)26-14-10-16-39(26)4/h8,12-13,20-21,26,38H,9-11,14-19H2,1-7H3,(H2,37,42)(H,44,45)/t21?,26-/m0/s1. The molecule has 2 amide bonds. The highest BCUT2D eigenvalue weighted by molar-refractivity contribution is 7.92. The minimum absolute atomic E-state index is 0.0272. The normalized spacial score (nSPS) is 19.2. The molecule has 1 aromatic heterocycles. The van der Waals surface area contributed by atoms with E-state index in [-0.39, 0.29) is 40.6 Å². The Morgan fingerprint density at radius 3 is 2.31 bits per heavy atom. The topological polar surface area (TPSA) is 164 Å². The van der Waals surface area contributed by atoms with E-state index in [1.807, 2.05) is 50.9 Å². The summed E-state index contributed by atoms with van der Waals surface area (Å²) in [7, 11) is 1.09. The number of hydrogen-bond acceptors (Lipinski definition) is 7. The molecule has 0 aliphatic carbocycles. The van der Waals surface area contributed by atoms with E-state index in [0.717, 1.165) is 62.5 Å². The van der Waals surface area contributed by atoms with Crippen molar-refractivity contribution >= 4 is 44.4 Å². The second kappa shape index (κ2) is 13.7. The molecule has 4 N–H and O–H groups in total. The van der Waals surface area contributed by atoms with Crippen molar-refractivity contribution in [1.29, 1.82) is 0 Å². The molecule has 49 heavy (non-hydrogen) atoms. The zero-order valence-electron chi connectivity index (χ0n) is 29.6. The summed E-state index contributed by atoms with van der Waals surface area (Å²) in [4.78, 5) is 43.3. The van der Waals surface area contributed by atoms with Gasteiger partial charge in [0.15, 0.2) is 5.75 Å². The van der Waals surface area contributed by atoms with Crippen LogP contribution < -0.4 is 15.2 Å². The zero-order chi connectivity index (χ0) is 36.0. The smallest absolute Gasteiger partial charge is 0.353 e. The maximum atomic E-state index is 13.4. The number of aryl methyl sites for hydroxylation is 1. The molecule has 2 aromatic carbocycles. The number of anilines is 1. The Hall–Kier alpha value is -4.10. The van der Waals surface area contributed by atoms with E-state index < -0.39 is 27.3 Å². The van der Waals surface area contributed by atoms with Crippen LogP contribution in [0, 0.1) is 5.92 Å². The molecular formula is C36H49N5O7S. The predicted molar refractivity (Wildman–Crippen MR) is 191 cm³/mol. The van der Waals surface area contributed by atoms with Crippen LogP contribution in [0.5, 0.6) is 5.75 Å². The fourth-order valence-corrected chi connectivity index (χ4v) is 8.36. The monoisotopic (exact) mass is 695 g/mol. The largest absolute Gasteiger partial charge is 0.494 e. The summed E-state index contributed by atoms with van der Waals surface area (Å²) in [5.41, 5.74) is 7.80. The highest BCUT2D eigenvalue weighted by Crippen LogP contribution is 2.50. The molecule has 2 aliphatic rings. The molecule has 2 atom stereocenters. The number of hydrogen-bond donors (Lipinski definition) is 3. The van der Waals surface area contributed by atoms with Gasteiger partial charge in [0.25, 0.3) is 5.91 Å². The van der Waals surface area contributed by atoms with Crippen molar-refractivity contribution in [3.8, 4) is 16.9 Å². The van der Waals surface area contributed by atoms with E-state index in [0.29, 0.717) is 35.0 Å². The van der Waals surface area contributed by atoms with Gasteiger partial charge >= 0.3 is 5.97 Å². The molecule has 0 radical (unpaired) electrons. The summed E-state index contributed by atoms with van der Waals surface area (Å²) in [5.74, 6) is -1.61. The maximum absolute atomic E-state index is 13.4. The number of carbonyl (C=O) groups is 3. The second-order valence-electron chi connectivity index (χ2n) is 14.6. The second-order valence-corrected chi connectivity index (χ2v) is 16.4. The van der Waals surface area contributed by atoms with Crippen molar-refractivity contribution in [2.45, 2.75) is 70.8 Å². The van der Waals surface area contributed by atoms with Crippen LogP contribution in [0.25, 0.3) is 22.0 Å². The molecule has 13 heteroatoms. The molecule has 3 aromatic rings. The Bertz CT molecular complexity index is 1910. The number of nitrogens with one attached hydrogen (secondary N) is 1. The molecule has 5 rings (SSSR count). The van der Waals surface area contributed by atoms with E-state index in [9.17, 15) is 27.9 Å². The molecule has 2 fully saturated rings. The number of rotatable bonds is 9. The summed E-state index contributed by atoms with van der Waals surface area (Å²) in [5, 5.41) is 11.4. The Kier molecular flexibility index (Phi) is 10.1. The summed E-state index contributed by atoms with van der Waals surface area (Å²) in [6.45, 7) is 8.05. The Labute approximate surface area is 288 Å². The van der Waals surface area contributed by atoms with Gasteiger partial charge in [-0.25, -0.2) is 13.2 Å². The summed E-state index contributed by atoms with van der Waals surface area (Å²) in [6.07, 6.45) is 6.27. The predicted octanol–water partition coefficient (Wildman–Crippen LogP) is 4.59. The highest BCUT2D eigenvalue weighted by atomic mass is 32.2. The van der Waals surface area contributed by atoms with Gasteiger partial charge in [0.2, 0.25) is 15.9 Å². The van der Waals surface area contributed by atoms with Crippen LogP contribution >= 0.6 is 0 Å². The third-order valence-corrected chi connectivity index (χ3v) is 10.6. The van der Waals surface area contributed by atoms with E-state index in [1.54, 1.807) is 17.7 Å². The number of likely N-dealkylation sites (tertiary alicyclic amines) is 2. The molecule has 0 bridgehead atoms. The molecule has 3 heterocycles. The molecule has 2 saturated heterocycles. The summed E-state index contributed by atoms with van der Waals surface area (Å²) < 4.78 is 35.4. The first-order valence-electron chi connectivity index (χ1n) is 16.8. The number of methoxy groups -OCH3 is 1. The number of ether oxygens (including phenoxy) is 1. The molecule has 266 valence electrons. The summed E-state index contributed by atoms with van der Waals surface area (Å²) in [6, 6.07) is 7.27. The molecule has 0 spiro atoms. The van der Waals surface area contributed by atoms with Crippen LogP contribution in [0.4, 0.5) is 5.69 Å². The van der Waals surface area contributed by atoms with Crippen LogP contribution in [-0.4, -0.2) is 91.8 Å². The number of carboxylic acid groups (broad SMARTS) is 1. The lowest BCUT2D eigenvalue weighted by molar-refractivity contribution is -0.135. The number of carboxylic acids is 1. The van der Waals surface area contributed by atoms with Gasteiger partial charge in [-0.15, -0.1) is 0 Å². The first-order chi connectivity index (χ1) is 22.9. The van der Waals surface area contributed by atoms with Crippen molar-refractivity contribution in [2.24, 2.45) is 18.7 Å². The van der Waals surface area contributed by atoms with E-state index in [2.05, 4.69) is 9.62 Å². The van der Waals surface area contributed by atoms with Crippen LogP contribution in [0.1, 0.15) is 84.8 Å². The first kappa shape index (κ1) is 36.2. The molecule has 12 nitrogen and oxygen atoms in total. The minimum atomic E-state index is -3.94. The number of likely N-dealkylation sites (N-methyl/N-ethyl adjacent to an activating group) is 1. The number of benzene rings is 2. The fraction of sp³-hybridized carbons (Fsp3) is 0.528. The third-order valence-electron chi connectivity index (χ3n) is 10.1. The van der Waals surface area contributed by atoms with Gasteiger partial charge < -0.3 is 25.0 Å². The number of para-hydroxylation sites is 1. The van der Waals surface area contributed by atoms with Crippen LogP contribution in [0.3, 0.4) is 0 Å². The Morgan fingerprint density at radius 2 is 1.73 bits per heavy atom. The minimum Gasteiger partial charge on any atom is -0.494 e. The van der Waals surface area contributed by atoms with Gasteiger partial charge in [-0.2, -0.15) is 0 Å². The fourth-order valence-electron chi connectivity index (χ4n) is 7.79. The van der Waals surface area contributed by atoms with E-state index in [4.69, 9.17) is 10.5 Å². The number of nitrogens with zero attached hydrogens (tertiary/aromatic N) is 3. The van der Waals surface area contributed by atoms with Crippen LogP contribution in [0.15, 0.2) is 24.3 Å². The van der Waals surface area contributed by atoms with E-state index >= 15 is 0 Å².